The SMILES string of the molecule is Clc1cc2nsnc2cc1CBr. The molecule has 1 heterocycles. The van der Waals surface area contributed by atoms with Crippen molar-refractivity contribution in [3.63, 3.8) is 0 Å². The van der Waals surface area contributed by atoms with E-state index in [4.69, 9.17) is 11.6 Å². The zero-order valence-electron chi connectivity index (χ0n) is 5.92. The number of fused-ring (bicyclic) bond motifs is 1. The molecule has 12 heavy (non-hydrogen) atoms. The van der Waals surface area contributed by atoms with Crippen molar-refractivity contribution >= 4 is 50.3 Å². The van der Waals surface area contributed by atoms with Gasteiger partial charge in [0.1, 0.15) is 11.0 Å². The molecule has 2 rings (SSSR count). The fourth-order valence-corrected chi connectivity index (χ4v) is 2.31. The molecule has 0 atom stereocenters. The molecular formula is C7H4BrClN2S. The minimum Gasteiger partial charge on any atom is -0.173 e. The van der Waals surface area contributed by atoms with Crippen LogP contribution >= 0.6 is 39.3 Å². The first-order chi connectivity index (χ1) is 5.81. The van der Waals surface area contributed by atoms with Crippen LogP contribution in [0.1, 0.15) is 5.56 Å². The van der Waals surface area contributed by atoms with Crippen LogP contribution < -0.4 is 0 Å². The maximum atomic E-state index is 5.97. The van der Waals surface area contributed by atoms with Gasteiger partial charge in [-0.2, -0.15) is 8.75 Å². The van der Waals surface area contributed by atoms with Crippen molar-refractivity contribution in [2.75, 3.05) is 0 Å². The number of benzene rings is 1. The third-order valence-electron chi connectivity index (χ3n) is 1.57. The number of alkyl halides is 1. The smallest absolute Gasteiger partial charge is 0.106 e. The molecule has 0 radical (unpaired) electrons. The van der Waals surface area contributed by atoms with E-state index in [1.165, 1.54) is 11.7 Å². The van der Waals surface area contributed by atoms with Gasteiger partial charge in [-0.1, -0.05) is 27.5 Å². The normalized spacial score (nSPS) is 10.8. The number of hydrogen-bond acceptors (Lipinski definition) is 3. The summed E-state index contributed by atoms with van der Waals surface area (Å²) >= 11 is 10.5. The summed E-state index contributed by atoms with van der Waals surface area (Å²) in [5, 5.41) is 1.49. The summed E-state index contributed by atoms with van der Waals surface area (Å²) in [6, 6.07) is 3.80. The molecule has 0 saturated heterocycles. The van der Waals surface area contributed by atoms with Crippen molar-refractivity contribution in [3.05, 3.63) is 22.7 Å². The van der Waals surface area contributed by atoms with Gasteiger partial charge in [0.25, 0.3) is 0 Å². The summed E-state index contributed by atoms with van der Waals surface area (Å²) in [6.07, 6.45) is 0. The van der Waals surface area contributed by atoms with E-state index in [9.17, 15) is 0 Å². The fourth-order valence-electron chi connectivity index (χ4n) is 0.952. The Hall–Kier alpha value is -0.190. The molecule has 0 spiro atoms. The molecule has 0 fully saturated rings. The Balaban J connectivity index is 2.73. The zero-order chi connectivity index (χ0) is 8.55. The Morgan fingerprint density at radius 1 is 1.33 bits per heavy atom. The van der Waals surface area contributed by atoms with E-state index in [-0.39, 0.29) is 0 Å². The molecule has 0 unspecified atom stereocenters. The van der Waals surface area contributed by atoms with Gasteiger partial charge in [-0.05, 0) is 17.7 Å². The van der Waals surface area contributed by atoms with E-state index >= 15 is 0 Å². The highest BCUT2D eigenvalue weighted by molar-refractivity contribution is 9.08. The molecule has 0 saturated carbocycles. The van der Waals surface area contributed by atoms with Crippen molar-refractivity contribution in [1.29, 1.82) is 0 Å². The zero-order valence-corrected chi connectivity index (χ0v) is 9.08. The first-order valence-corrected chi connectivity index (χ1v) is 5.51. The van der Waals surface area contributed by atoms with Crippen LogP contribution in [-0.4, -0.2) is 8.75 Å². The van der Waals surface area contributed by atoms with Crippen molar-refractivity contribution in [2.24, 2.45) is 0 Å². The average molecular weight is 264 g/mol. The molecule has 0 aliphatic heterocycles. The topological polar surface area (TPSA) is 25.8 Å². The standard InChI is InChI=1S/C7H4BrClN2S/c8-3-4-1-6-7(2-5(4)9)11-12-10-6/h1-2H,3H2. The molecule has 0 aliphatic rings. The van der Waals surface area contributed by atoms with E-state index in [0.717, 1.165) is 26.9 Å². The van der Waals surface area contributed by atoms with Gasteiger partial charge in [0.05, 0.1) is 11.7 Å². The van der Waals surface area contributed by atoms with Crippen LogP contribution in [0.5, 0.6) is 0 Å². The van der Waals surface area contributed by atoms with Gasteiger partial charge in [0.2, 0.25) is 0 Å². The summed E-state index contributed by atoms with van der Waals surface area (Å²) in [5.74, 6) is 0. The van der Waals surface area contributed by atoms with Gasteiger partial charge >= 0.3 is 0 Å². The number of rotatable bonds is 1. The van der Waals surface area contributed by atoms with Crippen LogP contribution in [0.3, 0.4) is 0 Å². The lowest BCUT2D eigenvalue weighted by atomic mass is 10.2. The lowest BCUT2D eigenvalue weighted by molar-refractivity contribution is 1.45. The van der Waals surface area contributed by atoms with Crippen LogP contribution in [0.25, 0.3) is 11.0 Å². The molecule has 0 bridgehead atoms. The van der Waals surface area contributed by atoms with Crippen LogP contribution in [0.4, 0.5) is 0 Å². The van der Waals surface area contributed by atoms with E-state index in [0.29, 0.717) is 0 Å². The van der Waals surface area contributed by atoms with Crippen LogP contribution in [-0.2, 0) is 5.33 Å². The van der Waals surface area contributed by atoms with E-state index in [1.54, 1.807) is 0 Å². The minimum atomic E-state index is 0.743. The molecule has 0 N–H and O–H groups in total. The molecular weight excluding hydrogens is 260 g/mol. The second-order valence-corrected chi connectivity index (χ2v) is 3.83. The molecule has 5 heteroatoms. The van der Waals surface area contributed by atoms with Crippen molar-refractivity contribution in [1.82, 2.24) is 8.75 Å². The van der Waals surface area contributed by atoms with Crippen molar-refractivity contribution in [3.8, 4) is 0 Å². The summed E-state index contributed by atoms with van der Waals surface area (Å²) in [4.78, 5) is 0. The molecule has 0 aliphatic carbocycles. The van der Waals surface area contributed by atoms with Gasteiger partial charge in [0, 0.05) is 10.4 Å². The second-order valence-electron chi connectivity index (χ2n) is 2.33. The summed E-state index contributed by atoms with van der Waals surface area (Å²) in [6.45, 7) is 0. The van der Waals surface area contributed by atoms with Gasteiger partial charge in [-0.15, -0.1) is 0 Å². The third kappa shape index (κ3) is 1.34. The number of hydrogen-bond donors (Lipinski definition) is 0. The highest BCUT2D eigenvalue weighted by Crippen LogP contribution is 2.24. The van der Waals surface area contributed by atoms with Crippen molar-refractivity contribution < 1.29 is 0 Å². The predicted octanol–water partition coefficient (Wildman–Crippen LogP) is 3.24. The molecule has 0 amide bonds. The van der Waals surface area contributed by atoms with Crippen LogP contribution in [0, 0.1) is 0 Å². The average Bonchev–Trinajstić information content (AvgIpc) is 2.49. The molecule has 2 nitrogen and oxygen atoms in total. The maximum Gasteiger partial charge on any atom is 0.106 e. The number of aromatic nitrogens is 2. The van der Waals surface area contributed by atoms with Gasteiger partial charge in [-0.25, -0.2) is 0 Å². The largest absolute Gasteiger partial charge is 0.173 e. The third-order valence-corrected chi connectivity index (χ3v) is 3.08. The van der Waals surface area contributed by atoms with Gasteiger partial charge in [0.15, 0.2) is 0 Å². The van der Waals surface area contributed by atoms with E-state index in [2.05, 4.69) is 24.7 Å². The van der Waals surface area contributed by atoms with E-state index in [1.807, 2.05) is 12.1 Å². The quantitative estimate of drug-likeness (QED) is 0.738. The molecule has 2 aromatic rings. The summed E-state index contributed by atoms with van der Waals surface area (Å²) in [7, 11) is 0. The summed E-state index contributed by atoms with van der Waals surface area (Å²) < 4.78 is 8.21. The number of halogens is 2. The first kappa shape index (κ1) is 8.41. The van der Waals surface area contributed by atoms with Crippen molar-refractivity contribution in [2.45, 2.75) is 5.33 Å². The Morgan fingerprint density at radius 3 is 2.67 bits per heavy atom. The Kier molecular flexibility index (Phi) is 2.30. The molecule has 62 valence electrons. The number of nitrogens with zero attached hydrogens (tertiary/aromatic N) is 2. The highest BCUT2D eigenvalue weighted by Gasteiger charge is 2.04. The second kappa shape index (κ2) is 3.28. The van der Waals surface area contributed by atoms with Gasteiger partial charge < -0.3 is 0 Å². The highest BCUT2D eigenvalue weighted by atomic mass is 79.9. The minimum absolute atomic E-state index is 0.743. The maximum absolute atomic E-state index is 5.97. The predicted molar refractivity (Wildman–Crippen MR) is 55.1 cm³/mol. The van der Waals surface area contributed by atoms with E-state index < -0.39 is 0 Å². The Labute approximate surface area is 87.0 Å². The summed E-state index contributed by atoms with van der Waals surface area (Å²) in [5.41, 5.74) is 2.84. The Morgan fingerprint density at radius 2 is 2.00 bits per heavy atom. The van der Waals surface area contributed by atoms with Gasteiger partial charge in [-0.3, -0.25) is 0 Å². The lowest BCUT2D eigenvalue weighted by Gasteiger charge is -1.97. The lowest BCUT2D eigenvalue weighted by Crippen LogP contribution is -1.80. The molecule has 1 aromatic heterocycles. The Bertz CT molecular complexity index is 415. The fraction of sp³-hybridized carbons (Fsp3) is 0.143. The monoisotopic (exact) mass is 262 g/mol. The first-order valence-electron chi connectivity index (χ1n) is 3.28. The molecule has 1 aromatic carbocycles. The van der Waals surface area contributed by atoms with Crippen LogP contribution in [0.15, 0.2) is 12.1 Å². The van der Waals surface area contributed by atoms with Crippen LogP contribution in [0.2, 0.25) is 5.02 Å².